The molecule has 1 aromatic carbocycles. The maximum Gasteiger partial charge on any atom is 0.416 e. The summed E-state index contributed by atoms with van der Waals surface area (Å²) in [5.74, 6) is -2.26. The lowest BCUT2D eigenvalue weighted by molar-refractivity contribution is -0.138. The van der Waals surface area contributed by atoms with E-state index in [-0.39, 0.29) is 11.1 Å². The third-order valence-electron chi connectivity index (χ3n) is 2.45. The molecule has 0 amide bonds. The van der Waals surface area contributed by atoms with E-state index in [2.05, 4.69) is 13.2 Å². The van der Waals surface area contributed by atoms with Crippen molar-refractivity contribution in [2.45, 2.75) is 12.1 Å². The van der Waals surface area contributed by atoms with Crippen LogP contribution in [0, 0.1) is 0 Å². The fraction of sp³-hybridized carbons (Fsp3) is 0.154. The van der Waals surface area contributed by atoms with Gasteiger partial charge in [0.25, 0.3) is 0 Å². The van der Waals surface area contributed by atoms with Crippen LogP contribution in [-0.2, 0) is 11.0 Å². The number of halogens is 3. The molecule has 0 aliphatic carbocycles. The zero-order valence-electron chi connectivity index (χ0n) is 9.37. The lowest BCUT2D eigenvalue weighted by Crippen LogP contribution is -2.13. The smallest absolute Gasteiger partial charge is 0.416 e. The molecule has 1 rings (SSSR count). The summed E-state index contributed by atoms with van der Waals surface area (Å²) in [4.78, 5) is 11.1. The summed E-state index contributed by atoms with van der Waals surface area (Å²) < 4.78 is 37.1. The van der Waals surface area contributed by atoms with E-state index in [0.717, 1.165) is 24.3 Å². The monoisotopic (exact) mass is 256 g/mol. The number of allylic oxidation sites excluding steroid dienone is 1. The van der Waals surface area contributed by atoms with E-state index in [9.17, 15) is 18.0 Å². The van der Waals surface area contributed by atoms with Crippen molar-refractivity contribution in [3.05, 3.63) is 60.2 Å². The van der Waals surface area contributed by atoms with Gasteiger partial charge in [-0.25, -0.2) is 0 Å². The van der Waals surface area contributed by atoms with E-state index in [1.54, 1.807) is 0 Å². The van der Waals surface area contributed by atoms with Gasteiger partial charge in [-0.15, -0.1) is 0 Å². The second-order valence-corrected chi connectivity index (χ2v) is 3.67. The average molecular weight is 256 g/mol. The Labute approximate surface area is 102 Å². The standard InChI is InChI=1S/C13H11F3O2/c1-3-8(2)11(12(17)18)9-4-6-10(7-5-9)13(14,15)16/h3-7,11H,1-2H2,(H,17,18). The summed E-state index contributed by atoms with van der Waals surface area (Å²) in [7, 11) is 0. The number of carboxylic acids is 1. The van der Waals surface area contributed by atoms with E-state index in [4.69, 9.17) is 5.11 Å². The Morgan fingerprint density at radius 2 is 1.78 bits per heavy atom. The summed E-state index contributed by atoms with van der Waals surface area (Å²) in [6.07, 6.45) is -3.16. The van der Waals surface area contributed by atoms with Crippen LogP contribution in [0.2, 0.25) is 0 Å². The highest BCUT2D eigenvalue weighted by atomic mass is 19.4. The molecule has 1 unspecified atom stereocenters. The highest BCUT2D eigenvalue weighted by Gasteiger charge is 2.31. The molecule has 1 aromatic rings. The number of benzene rings is 1. The van der Waals surface area contributed by atoms with Crippen LogP contribution < -0.4 is 0 Å². The van der Waals surface area contributed by atoms with Crippen molar-refractivity contribution in [2.24, 2.45) is 0 Å². The number of alkyl halides is 3. The van der Waals surface area contributed by atoms with Crippen molar-refractivity contribution < 1.29 is 23.1 Å². The average Bonchev–Trinajstić information content (AvgIpc) is 2.28. The summed E-state index contributed by atoms with van der Waals surface area (Å²) >= 11 is 0. The fourth-order valence-electron chi connectivity index (χ4n) is 1.50. The van der Waals surface area contributed by atoms with Crippen LogP contribution in [0.15, 0.2) is 49.1 Å². The molecule has 1 N–H and O–H groups in total. The SMILES string of the molecule is C=CC(=C)C(C(=O)O)c1ccc(C(F)(F)F)cc1. The first kappa shape index (κ1) is 14.0. The molecule has 0 radical (unpaired) electrons. The highest BCUT2D eigenvalue weighted by Crippen LogP contribution is 2.31. The number of carboxylic acid groups (broad SMARTS) is 1. The third kappa shape index (κ3) is 3.00. The molecule has 0 bridgehead atoms. The van der Waals surface area contributed by atoms with E-state index in [1.165, 1.54) is 6.08 Å². The van der Waals surface area contributed by atoms with Crippen LogP contribution in [0.4, 0.5) is 13.2 Å². The number of hydrogen-bond donors (Lipinski definition) is 1. The van der Waals surface area contributed by atoms with Crippen molar-refractivity contribution in [3.63, 3.8) is 0 Å². The molecule has 1 atom stereocenters. The van der Waals surface area contributed by atoms with Crippen molar-refractivity contribution in [3.8, 4) is 0 Å². The van der Waals surface area contributed by atoms with Crippen LogP contribution in [0.3, 0.4) is 0 Å². The van der Waals surface area contributed by atoms with Gasteiger partial charge in [-0.1, -0.05) is 31.4 Å². The van der Waals surface area contributed by atoms with E-state index < -0.39 is 23.6 Å². The molecule has 0 aromatic heterocycles. The largest absolute Gasteiger partial charge is 0.481 e. The third-order valence-corrected chi connectivity index (χ3v) is 2.45. The molecule has 0 saturated carbocycles. The Bertz CT molecular complexity index is 472. The van der Waals surface area contributed by atoms with Gasteiger partial charge in [0, 0.05) is 0 Å². The first-order chi connectivity index (χ1) is 8.27. The first-order valence-electron chi connectivity index (χ1n) is 4.98. The van der Waals surface area contributed by atoms with Gasteiger partial charge in [-0.2, -0.15) is 13.2 Å². The Balaban J connectivity index is 3.13. The molecule has 0 aliphatic rings. The second kappa shape index (κ2) is 5.08. The zero-order valence-corrected chi connectivity index (χ0v) is 9.37. The highest BCUT2D eigenvalue weighted by molar-refractivity contribution is 5.80. The number of rotatable bonds is 4. The van der Waals surface area contributed by atoms with Gasteiger partial charge < -0.3 is 5.11 Å². The zero-order chi connectivity index (χ0) is 13.9. The molecular formula is C13H11F3O2. The lowest BCUT2D eigenvalue weighted by atomic mass is 9.91. The Morgan fingerprint density at radius 3 is 2.11 bits per heavy atom. The maximum atomic E-state index is 12.4. The number of carbonyl (C=O) groups is 1. The molecule has 0 saturated heterocycles. The van der Waals surface area contributed by atoms with Gasteiger partial charge in [0.05, 0.1) is 5.56 Å². The van der Waals surface area contributed by atoms with Crippen molar-refractivity contribution in [2.75, 3.05) is 0 Å². The number of aliphatic carboxylic acids is 1. The fourth-order valence-corrected chi connectivity index (χ4v) is 1.50. The molecule has 0 spiro atoms. The summed E-state index contributed by atoms with van der Waals surface area (Å²) in [5, 5.41) is 9.03. The molecule has 18 heavy (non-hydrogen) atoms. The van der Waals surface area contributed by atoms with Gasteiger partial charge in [0.2, 0.25) is 0 Å². The lowest BCUT2D eigenvalue weighted by Gasteiger charge is -2.14. The van der Waals surface area contributed by atoms with Gasteiger partial charge in [-0.3, -0.25) is 4.79 Å². The van der Waals surface area contributed by atoms with Crippen molar-refractivity contribution in [1.29, 1.82) is 0 Å². The van der Waals surface area contributed by atoms with E-state index in [1.807, 2.05) is 0 Å². The first-order valence-corrected chi connectivity index (χ1v) is 4.98. The molecule has 5 heteroatoms. The van der Waals surface area contributed by atoms with Crippen LogP contribution in [0.25, 0.3) is 0 Å². The van der Waals surface area contributed by atoms with E-state index in [0.29, 0.717) is 0 Å². The second-order valence-electron chi connectivity index (χ2n) is 3.67. The minimum atomic E-state index is -4.44. The van der Waals surface area contributed by atoms with Crippen LogP contribution >= 0.6 is 0 Å². The van der Waals surface area contributed by atoms with Crippen molar-refractivity contribution in [1.82, 2.24) is 0 Å². The quantitative estimate of drug-likeness (QED) is 0.835. The van der Waals surface area contributed by atoms with Gasteiger partial charge in [0.1, 0.15) is 5.92 Å². The van der Waals surface area contributed by atoms with Gasteiger partial charge in [-0.05, 0) is 23.3 Å². The van der Waals surface area contributed by atoms with E-state index >= 15 is 0 Å². The Kier molecular flexibility index (Phi) is 3.96. The Morgan fingerprint density at radius 1 is 1.28 bits per heavy atom. The molecular weight excluding hydrogens is 245 g/mol. The number of hydrogen-bond acceptors (Lipinski definition) is 1. The van der Waals surface area contributed by atoms with Gasteiger partial charge >= 0.3 is 12.1 Å². The molecule has 96 valence electrons. The summed E-state index contributed by atoms with van der Waals surface area (Å²) in [6, 6.07) is 3.97. The maximum absolute atomic E-state index is 12.4. The predicted octanol–water partition coefficient (Wildman–Crippen LogP) is 3.62. The Hall–Kier alpha value is -2.04. The molecule has 0 heterocycles. The van der Waals surface area contributed by atoms with Gasteiger partial charge in [0.15, 0.2) is 0 Å². The molecule has 2 nitrogen and oxygen atoms in total. The molecule has 0 aliphatic heterocycles. The minimum Gasteiger partial charge on any atom is -0.481 e. The summed E-state index contributed by atoms with van der Waals surface area (Å²) in [6.45, 7) is 6.92. The molecule has 0 fully saturated rings. The topological polar surface area (TPSA) is 37.3 Å². The minimum absolute atomic E-state index is 0.224. The normalized spacial score (nSPS) is 12.8. The van der Waals surface area contributed by atoms with Crippen LogP contribution in [-0.4, -0.2) is 11.1 Å². The van der Waals surface area contributed by atoms with Crippen LogP contribution in [0.1, 0.15) is 17.0 Å². The predicted molar refractivity (Wildman–Crippen MR) is 61.2 cm³/mol. The van der Waals surface area contributed by atoms with Crippen molar-refractivity contribution >= 4 is 5.97 Å². The van der Waals surface area contributed by atoms with Crippen LogP contribution in [0.5, 0.6) is 0 Å². The summed E-state index contributed by atoms with van der Waals surface area (Å²) in [5.41, 5.74) is -0.359.